The van der Waals surface area contributed by atoms with Gasteiger partial charge in [0.1, 0.15) is 0 Å². The van der Waals surface area contributed by atoms with Crippen LogP contribution in [0.15, 0.2) is 0 Å². The Morgan fingerprint density at radius 3 is 3.00 bits per heavy atom. The minimum atomic E-state index is -0.112. The minimum Gasteiger partial charge on any atom is -0.396 e. The molecule has 1 amide bonds. The average molecular weight is 215 g/mol. The van der Waals surface area contributed by atoms with Crippen LogP contribution in [0.25, 0.3) is 0 Å². The lowest BCUT2D eigenvalue weighted by atomic mass is 10.1. The van der Waals surface area contributed by atoms with E-state index >= 15 is 0 Å². The molecule has 5 nitrogen and oxygen atoms in total. The smallest absolute Gasteiger partial charge is 0.251 e. The number of rotatable bonds is 5. The molecule has 0 radical (unpaired) electrons. The van der Waals surface area contributed by atoms with Crippen molar-refractivity contribution in [2.24, 2.45) is 11.8 Å². The largest absolute Gasteiger partial charge is 0.396 e. The molecule has 1 aliphatic heterocycles. The highest BCUT2D eigenvalue weighted by atomic mass is 16.3. The number of hydrogen-bond donors (Lipinski definition) is 3. The highest BCUT2D eigenvalue weighted by Crippen LogP contribution is 2.22. The van der Waals surface area contributed by atoms with Gasteiger partial charge in [0, 0.05) is 13.2 Å². The Morgan fingerprint density at radius 2 is 2.47 bits per heavy atom. The molecular weight excluding hydrogens is 194 g/mol. The molecular formula is C10H21N3O2. The molecule has 15 heavy (non-hydrogen) atoms. The van der Waals surface area contributed by atoms with Gasteiger partial charge in [0.05, 0.1) is 6.04 Å². The summed E-state index contributed by atoms with van der Waals surface area (Å²) in [4.78, 5) is 13.6. The molecule has 0 aromatic rings. The second-order valence-corrected chi connectivity index (χ2v) is 4.09. The van der Waals surface area contributed by atoms with Crippen molar-refractivity contribution >= 4 is 5.91 Å². The Hall–Kier alpha value is -0.650. The van der Waals surface area contributed by atoms with Crippen LogP contribution >= 0.6 is 0 Å². The van der Waals surface area contributed by atoms with E-state index in [4.69, 9.17) is 10.9 Å². The van der Waals surface area contributed by atoms with Gasteiger partial charge in [0.15, 0.2) is 0 Å². The summed E-state index contributed by atoms with van der Waals surface area (Å²) in [6, 6.07) is -0.112. The number of nitrogens with zero attached hydrogens (tertiary/aromatic N) is 1. The highest BCUT2D eigenvalue weighted by molar-refractivity contribution is 5.81. The number of carbonyl (C=O) groups is 1. The Balaban J connectivity index is 2.46. The third-order valence-corrected chi connectivity index (χ3v) is 3.13. The molecule has 1 saturated heterocycles. The number of hydrogen-bond acceptors (Lipinski definition) is 4. The fraction of sp³-hybridized carbons (Fsp3) is 0.900. The van der Waals surface area contributed by atoms with E-state index in [1.807, 2.05) is 6.92 Å². The number of hydrazine groups is 1. The Bertz CT molecular complexity index is 211. The van der Waals surface area contributed by atoms with Gasteiger partial charge in [-0.1, -0.05) is 6.92 Å². The van der Waals surface area contributed by atoms with Crippen LogP contribution in [-0.4, -0.2) is 41.7 Å². The summed E-state index contributed by atoms with van der Waals surface area (Å²) in [5, 5.41) is 8.85. The van der Waals surface area contributed by atoms with Crippen molar-refractivity contribution in [2.75, 3.05) is 19.7 Å². The number of aliphatic hydroxyl groups is 1. The van der Waals surface area contributed by atoms with Crippen LogP contribution in [-0.2, 0) is 4.79 Å². The van der Waals surface area contributed by atoms with E-state index in [1.165, 1.54) is 0 Å². The number of nitrogens with one attached hydrogen (secondary N) is 1. The summed E-state index contributed by atoms with van der Waals surface area (Å²) in [7, 11) is 0. The quantitative estimate of drug-likeness (QED) is 0.327. The molecule has 0 aromatic heterocycles. The molecule has 1 heterocycles. The van der Waals surface area contributed by atoms with Gasteiger partial charge in [-0.15, -0.1) is 0 Å². The molecule has 88 valence electrons. The van der Waals surface area contributed by atoms with Crippen molar-refractivity contribution in [3.05, 3.63) is 0 Å². The molecule has 4 N–H and O–H groups in total. The molecule has 5 heteroatoms. The van der Waals surface area contributed by atoms with Crippen molar-refractivity contribution in [3.63, 3.8) is 0 Å². The minimum absolute atomic E-state index is 0.109. The fourth-order valence-electron chi connectivity index (χ4n) is 2.27. The number of carbonyl (C=O) groups excluding carboxylic acids is 1. The number of nitrogens with two attached hydrogens (primary N) is 1. The monoisotopic (exact) mass is 215 g/mol. The molecule has 2 atom stereocenters. The first kappa shape index (κ1) is 12.4. The molecule has 0 spiro atoms. The first-order chi connectivity index (χ1) is 7.22. The lowest BCUT2D eigenvalue weighted by Crippen LogP contribution is -2.48. The highest BCUT2D eigenvalue weighted by Gasteiger charge is 2.30. The topological polar surface area (TPSA) is 78.6 Å². The van der Waals surface area contributed by atoms with Crippen LogP contribution in [0.1, 0.15) is 26.2 Å². The first-order valence-electron chi connectivity index (χ1n) is 5.58. The predicted molar refractivity (Wildman–Crippen MR) is 57.8 cm³/mol. The zero-order valence-corrected chi connectivity index (χ0v) is 9.28. The molecule has 1 rings (SSSR count). The molecule has 1 fully saturated rings. The molecule has 0 saturated carbocycles. The van der Waals surface area contributed by atoms with E-state index in [-0.39, 0.29) is 18.6 Å². The van der Waals surface area contributed by atoms with Crippen LogP contribution in [0.2, 0.25) is 0 Å². The van der Waals surface area contributed by atoms with Gasteiger partial charge in [-0.3, -0.25) is 15.1 Å². The van der Waals surface area contributed by atoms with E-state index in [0.29, 0.717) is 5.92 Å². The summed E-state index contributed by atoms with van der Waals surface area (Å²) < 4.78 is 0. The number of likely N-dealkylation sites (tertiary alicyclic amines) is 1. The van der Waals surface area contributed by atoms with Crippen LogP contribution < -0.4 is 11.3 Å². The van der Waals surface area contributed by atoms with Gasteiger partial charge in [-0.05, 0) is 31.7 Å². The van der Waals surface area contributed by atoms with Crippen molar-refractivity contribution < 1.29 is 9.90 Å². The van der Waals surface area contributed by atoms with E-state index in [1.54, 1.807) is 0 Å². The summed E-state index contributed by atoms with van der Waals surface area (Å²) >= 11 is 0. The zero-order valence-electron chi connectivity index (χ0n) is 9.28. The van der Waals surface area contributed by atoms with Gasteiger partial charge in [0.2, 0.25) is 0 Å². The third-order valence-electron chi connectivity index (χ3n) is 3.13. The van der Waals surface area contributed by atoms with E-state index in [2.05, 4.69) is 10.3 Å². The van der Waals surface area contributed by atoms with E-state index in [9.17, 15) is 4.79 Å². The van der Waals surface area contributed by atoms with Crippen LogP contribution in [0, 0.1) is 5.92 Å². The van der Waals surface area contributed by atoms with Crippen molar-refractivity contribution in [1.29, 1.82) is 0 Å². The molecule has 2 unspecified atom stereocenters. The van der Waals surface area contributed by atoms with Crippen molar-refractivity contribution in [1.82, 2.24) is 10.3 Å². The van der Waals surface area contributed by atoms with E-state index in [0.717, 1.165) is 32.4 Å². The average Bonchev–Trinajstić information content (AvgIpc) is 2.68. The van der Waals surface area contributed by atoms with Gasteiger partial charge < -0.3 is 5.11 Å². The maximum atomic E-state index is 11.5. The summed E-state index contributed by atoms with van der Waals surface area (Å²) in [5.74, 6) is 5.56. The van der Waals surface area contributed by atoms with Crippen LogP contribution in [0.3, 0.4) is 0 Å². The normalized spacial score (nSPS) is 24.1. The second-order valence-electron chi connectivity index (χ2n) is 4.09. The lowest BCUT2D eigenvalue weighted by Gasteiger charge is -2.24. The van der Waals surface area contributed by atoms with E-state index < -0.39 is 0 Å². The maximum Gasteiger partial charge on any atom is 0.251 e. The van der Waals surface area contributed by atoms with Crippen LogP contribution in [0.5, 0.6) is 0 Å². The van der Waals surface area contributed by atoms with Gasteiger partial charge in [-0.2, -0.15) is 0 Å². The molecule has 0 bridgehead atoms. The van der Waals surface area contributed by atoms with Gasteiger partial charge in [0.25, 0.3) is 5.91 Å². The van der Waals surface area contributed by atoms with Gasteiger partial charge in [-0.25, -0.2) is 5.84 Å². The third kappa shape index (κ3) is 3.15. The second kappa shape index (κ2) is 6.05. The summed E-state index contributed by atoms with van der Waals surface area (Å²) in [6.07, 6.45) is 2.67. The number of aliphatic hydroxyl groups excluding tert-OH is 1. The zero-order chi connectivity index (χ0) is 11.3. The molecule has 0 aliphatic carbocycles. The van der Waals surface area contributed by atoms with Crippen molar-refractivity contribution in [3.8, 4) is 0 Å². The fourth-order valence-corrected chi connectivity index (χ4v) is 2.27. The summed E-state index contributed by atoms with van der Waals surface area (Å²) in [6.45, 7) is 4.04. The first-order valence-corrected chi connectivity index (χ1v) is 5.58. The Kier molecular flexibility index (Phi) is 5.01. The predicted octanol–water partition coefficient (Wildman–Crippen LogP) is -0.541. The van der Waals surface area contributed by atoms with Gasteiger partial charge >= 0.3 is 0 Å². The van der Waals surface area contributed by atoms with Crippen LogP contribution in [0.4, 0.5) is 0 Å². The Morgan fingerprint density at radius 1 is 1.73 bits per heavy atom. The molecule has 0 aromatic carbocycles. The van der Waals surface area contributed by atoms with Crippen molar-refractivity contribution in [2.45, 2.75) is 32.2 Å². The maximum absolute atomic E-state index is 11.5. The molecule has 1 aliphatic rings. The number of amides is 1. The Labute approximate surface area is 90.6 Å². The standard InChI is InChI=1S/C10H21N3O2/c1-2-9(10(15)12-11)13-5-3-8(7-13)4-6-14/h8-9,14H,2-7,11H2,1H3,(H,12,15). The summed E-state index contributed by atoms with van der Waals surface area (Å²) in [5.41, 5.74) is 2.21. The lowest BCUT2D eigenvalue weighted by molar-refractivity contribution is -0.126. The SMILES string of the molecule is CCC(C(=O)NN)N1CCC(CCO)C1.